The molecule has 1 saturated heterocycles. The average Bonchev–Trinajstić information content (AvgIpc) is 3.33. The van der Waals surface area contributed by atoms with Crippen LogP contribution in [0, 0.1) is 23.6 Å². The van der Waals surface area contributed by atoms with Crippen LogP contribution >= 0.6 is 11.6 Å². The number of benzene rings is 1. The van der Waals surface area contributed by atoms with E-state index in [2.05, 4.69) is 0 Å². The van der Waals surface area contributed by atoms with Gasteiger partial charge in [0.15, 0.2) is 0 Å². The molecule has 7 rings (SSSR count). The molecule has 1 aromatic carbocycles. The number of hydrogen-bond donors (Lipinski definition) is 1. The van der Waals surface area contributed by atoms with Gasteiger partial charge in [-0.15, -0.1) is 11.6 Å². The van der Waals surface area contributed by atoms with Gasteiger partial charge in [-0.2, -0.15) is 0 Å². The molecular formula is C24H27ClFNO4. The zero-order valence-electron chi connectivity index (χ0n) is 17.4. The number of likely N-dealkylation sites (tertiary alicyclic amines) is 1. The summed E-state index contributed by atoms with van der Waals surface area (Å²) in [6, 6.07) is 2.12. The maximum atomic E-state index is 15.2. The molecule has 31 heavy (non-hydrogen) atoms. The van der Waals surface area contributed by atoms with Crippen molar-refractivity contribution < 1.29 is 23.8 Å². The Hall–Kier alpha value is -1.82. The summed E-state index contributed by atoms with van der Waals surface area (Å²) in [5, 5.41) is 9.41. The second kappa shape index (κ2) is 6.84. The molecule has 7 heteroatoms. The molecule has 5 saturated carbocycles. The molecule has 0 aromatic heterocycles. The van der Waals surface area contributed by atoms with Gasteiger partial charge in [0.05, 0.1) is 10.4 Å². The van der Waals surface area contributed by atoms with E-state index in [1.54, 1.807) is 6.07 Å². The number of alkyl halides is 1. The number of carbonyl (C=O) groups excluding carboxylic acids is 1. The number of aliphatic carboxylic acids is 1. The molecule has 6 atom stereocenters. The van der Waals surface area contributed by atoms with Crippen molar-refractivity contribution in [2.45, 2.75) is 74.3 Å². The zero-order chi connectivity index (χ0) is 21.5. The number of carboxylic acids is 1. The van der Waals surface area contributed by atoms with Crippen LogP contribution < -0.4 is 4.74 Å². The van der Waals surface area contributed by atoms with Crippen molar-refractivity contribution in [3.63, 3.8) is 0 Å². The fourth-order valence-electron chi connectivity index (χ4n) is 6.95. The molecule has 6 fully saturated rings. The third kappa shape index (κ3) is 3.08. The lowest BCUT2D eigenvalue weighted by Gasteiger charge is -2.33. The van der Waals surface area contributed by atoms with E-state index >= 15 is 4.39 Å². The SMILES string of the molecule is O=C(O)[C@@H]1CCCN1C(=O)c1cc(C2CC2)c(O[C@@H]2C3CC4CC2C(Cl)(C4)C3)cc1F. The third-order valence-corrected chi connectivity index (χ3v) is 8.98. The first-order valence-corrected chi connectivity index (χ1v) is 11.9. The fourth-order valence-corrected chi connectivity index (χ4v) is 7.58. The Bertz CT molecular complexity index is 965. The van der Waals surface area contributed by atoms with Crippen LogP contribution in [-0.2, 0) is 4.79 Å². The van der Waals surface area contributed by atoms with E-state index in [0.29, 0.717) is 42.9 Å². The molecule has 5 nitrogen and oxygen atoms in total. The van der Waals surface area contributed by atoms with Crippen LogP contribution in [0.5, 0.6) is 5.75 Å². The molecule has 1 aromatic rings. The largest absolute Gasteiger partial charge is 0.489 e. The van der Waals surface area contributed by atoms with Crippen LogP contribution in [0.1, 0.15) is 73.2 Å². The Balaban J connectivity index is 1.30. The summed E-state index contributed by atoms with van der Waals surface area (Å²) in [7, 11) is 0. The minimum Gasteiger partial charge on any atom is -0.489 e. The van der Waals surface area contributed by atoms with Crippen molar-refractivity contribution in [1.29, 1.82) is 0 Å². The van der Waals surface area contributed by atoms with Gasteiger partial charge in [-0.05, 0) is 80.8 Å². The van der Waals surface area contributed by atoms with Crippen molar-refractivity contribution in [2.75, 3.05) is 6.54 Å². The van der Waals surface area contributed by atoms with Gasteiger partial charge in [-0.3, -0.25) is 4.79 Å². The molecule has 1 amide bonds. The van der Waals surface area contributed by atoms with Gasteiger partial charge in [0.1, 0.15) is 23.7 Å². The van der Waals surface area contributed by atoms with Crippen LogP contribution in [-0.4, -0.2) is 45.4 Å². The number of nitrogens with zero attached hydrogens (tertiary/aromatic N) is 1. The quantitative estimate of drug-likeness (QED) is 0.671. The van der Waals surface area contributed by atoms with E-state index in [1.807, 2.05) is 0 Å². The highest BCUT2D eigenvalue weighted by atomic mass is 35.5. The Labute approximate surface area is 185 Å². The number of carboxylic acid groups (broad SMARTS) is 1. The fraction of sp³-hybridized carbons (Fsp3) is 0.667. The molecule has 4 bridgehead atoms. The van der Waals surface area contributed by atoms with Crippen molar-refractivity contribution in [1.82, 2.24) is 4.90 Å². The third-order valence-electron chi connectivity index (χ3n) is 8.39. The van der Waals surface area contributed by atoms with Gasteiger partial charge in [0, 0.05) is 18.5 Å². The molecule has 0 radical (unpaired) electrons. The van der Waals surface area contributed by atoms with Crippen LogP contribution in [0.3, 0.4) is 0 Å². The van der Waals surface area contributed by atoms with Crippen LogP contribution in [0.25, 0.3) is 0 Å². The first-order valence-electron chi connectivity index (χ1n) is 11.6. The minimum atomic E-state index is -1.03. The number of ether oxygens (including phenoxy) is 1. The van der Waals surface area contributed by atoms with E-state index < -0.39 is 23.7 Å². The van der Waals surface area contributed by atoms with Crippen molar-refractivity contribution >= 4 is 23.5 Å². The number of carbonyl (C=O) groups is 2. The summed E-state index contributed by atoms with van der Waals surface area (Å²) in [6.07, 6.45) is 7.30. The van der Waals surface area contributed by atoms with E-state index in [1.165, 1.54) is 11.0 Å². The predicted octanol–water partition coefficient (Wildman–Crippen LogP) is 4.57. The smallest absolute Gasteiger partial charge is 0.326 e. The van der Waals surface area contributed by atoms with Gasteiger partial charge in [-0.1, -0.05) is 0 Å². The highest BCUT2D eigenvalue weighted by Crippen LogP contribution is 2.64. The van der Waals surface area contributed by atoms with E-state index in [0.717, 1.165) is 44.1 Å². The van der Waals surface area contributed by atoms with Gasteiger partial charge in [-0.25, -0.2) is 9.18 Å². The Morgan fingerprint density at radius 3 is 2.71 bits per heavy atom. The highest BCUT2D eigenvalue weighted by Gasteiger charge is 2.63. The summed E-state index contributed by atoms with van der Waals surface area (Å²) in [4.78, 5) is 25.7. The second-order valence-corrected chi connectivity index (χ2v) is 11.1. The summed E-state index contributed by atoms with van der Waals surface area (Å²) in [5.41, 5.74) is 0.849. The standard InChI is InChI=1S/C24H27ClFNO4/c25-24-10-12-6-14(11-24)21(17(24)7-12)31-20-9-18(26)16(8-15(20)13-3-4-13)22(28)27-5-1-2-19(27)23(29)30/h8-9,12-14,17,19,21H,1-7,10-11H2,(H,29,30)/t12?,14?,17?,19-,21+,24?/m0/s1. The van der Waals surface area contributed by atoms with Crippen LogP contribution in [0.4, 0.5) is 4.39 Å². The van der Waals surface area contributed by atoms with Gasteiger partial charge >= 0.3 is 5.97 Å². The molecular weight excluding hydrogens is 421 g/mol. The lowest BCUT2D eigenvalue weighted by Crippen LogP contribution is -2.40. The van der Waals surface area contributed by atoms with Gasteiger partial charge in [0.25, 0.3) is 5.91 Å². The first kappa shape index (κ1) is 19.8. The molecule has 1 aliphatic heterocycles. The number of amides is 1. The van der Waals surface area contributed by atoms with Crippen molar-refractivity contribution in [3.05, 3.63) is 29.1 Å². The molecule has 0 spiro atoms. The Morgan fingerprint density at radius 1 is 1.19 bits per heavy atom. The predicted molar refractivity (Wildman–Crippen MR) is 112 cm³/mol. The summed E-state index contributed by atoms with van der Waals surface area (Å²) in [6.45, 7) is 0.344. The number of rotatable bonds is 5. The lowest BCUT2D eigenvalue weighted by atomic mass is 9.80. The Morgan fingerprint density at radius 2 is 2.00 bits per heavy atom. The van der Waals surface area contributed by atoms with E-state index in [-0.39, 0.29) is 22.5 Å². The Kier molecular flexibility index (Phi) is 4.37. The normalized spacial score (nSPS) is 38.1. The summed E-state index contributed by atoms with van der Waals surface area (Å²) >= 11 is 6.93. The maximum absolute atomic E-state index is 15.2. The average molecular weight is 448 g/mol. The first-order chi connectivity index (χ1) is 14.8. The monoisotopic (exact) mass is 447 g/mol. The number of halogens is 2. The topological polar surface area (TPSA) is 66.8 Å². The van der Waals surface area contributed by atoms with Crippen LogP contribution in [0.2, 0.25) is 0 Å². The van der Waals surface area contributed by atoms with E-state index in [4.69, 9.17) is 16.3 Å². The van der Waals surface area contributed by atoms with Crippen molar-refractivity contribution in [3.8, 4) is 5.75 Å². The van der Waals surface area contributed by atoms with E-state index in [9.17, 15) is 14.7 Å². The molecule has 6 aliphatic rings. The minimum absolute atomic E-state index is 0.0182. The molecule has 1 N–H and O–H groups in total. The molecule has 4 unspecified atom stereocenters. The molecule has 1 heterocycles. The van der Waals surface area contributed by atoms with Gasteiger partial charge in [0.2, 0.25) is 0 Å². The molecule has 5 aliphatic carbocycles. The maximum Gasteiger partial charge on any atom is 0.326 e. The van der Waals surface area contributed by atoms with Gasteiger partial charge < -0.3 is 14.7 Å². The summed E-state index contributed by atoms with van der Waals surface area (Å²) < 4.78 is 21.7. The highest BCUT2D eigenvalue weighted by molar-refractivity contribution is 6.24. The zero-order valence-corrected chi connectivity index (χ0v) is 18.1. The second-order valence-electron chi connectivity index (χ2n) is 10.4. The van der Waals surface area contributed by atoms with Crippen LogP contribution in [0.15, 0.2) is 12.1 Å². The number of hydrogen-bond acceptors (Lipinski definition) is 3. The molecule has 166 valence electrons. The van der Waals surface area contributed by atoms with Crippen molar-refractivity contribution in [2.24, 2.45) is 17.8 Å². The lowest BCUT2D eigenvalue weighted by molar-refractivity contribution is -0.141. The summed E-state index contributed by atoms with van der Waals surface area (Å²) in [5.74, 6) is 0.0632.